The van der Waals surface area contributed by atoms with Crippen molar-refractivity contribution in [2.45, 2.75) is 44.3 Å². The fourth-order valence-electron chi connectivity index (χ4n) is 2.88. The standard InChI is InChI=1S/C22H24F4O4S/c1-3-29-20(28)13-30-19-10-11-21(23,12-15(19)2)31-14-18(27)9-6-16-4-7-17(8-5-16)22(24,25)26/h4-5,7-8,10-11H,3,6,9,12-14H2,1-2H3. The molecule has 4 nitrogen and oxygen atoms in total. The van der Waals surface area contributed by atoms with Crippen LogP contribution < -0.4 is 0 Å². The van der Waals surface area contributed by atoms with E-state index in [4.69, 9.17) is 9.47 Å². The Labute approximate surface area is 182 Å². The molecule has 2 rings (SSSR count). The molecule has 0 heterocycles. The molecule has 1 aliphatic rings. The van der Waals surface area contributed by atoms with Crippen LogP contribution in [0.3, 0.4) is 0 Å². The maximum atomic E-state index is 15.0. The molecular formula is C22H24F4O4S. The average Bonchev–Trinajstić information content (AvgIpc) is 2.70. The Morgan fingerprint density at radius 2 is 1.87 bits per heavy atom. The third-order valence-corrected chi connectivity index (χ3v) is 5.73. The fourth-order valence-corrected chi connectivity index (χ4v) is 3.90. The van der Waals surface area contributed by atoms with Crippen LogP contribution in [0.4, 0.5) is 17.6 Å². The number of carbonyl (C=O) groups excluding carboxylic acids is 2. The molecule has 0 radical (unpaired) electrons. The number of hydrogen-bond acceptors (Lipinski definition) is 5. The summed E-state index contributed by atoms with van der Waals surface area (Å²) in [7, 11) is 0. The number of carbonyl (C=O) groups is 2. The van der Waals surface area contributed by atoms with Gasteiger partial charge in [0.25, 0.3) is 0 Å². The molecule has 0 aromatic heterocycles. The SMILES string of the molecule is CCOC(=O)COC1=C(C)CC(F)(SCC(=O)CCc2ccc(C(F)(F)F)cc2)C=C1. The first-order valence-electron chi connectivity index (χ1n) is 9.70. The quantitative estimate of drug-likeness (QED) is 0.345. The van der Waals surface area contributed by atoms with E-state index < -0.39 is 22.7 Å². The first-order chi connectivity index (χ1) is 14.5. The minimum Gasteiger partial charge on any atom is -0.482 e. The molecule has 0 fully saturated rings. The van der Waals surface area contributed by atoms with E-state index in [1.54, 1.807) is 13.8 Å². The van der Waals surface area contributed by atoms with Crippen LogP contribution in [0.2, 0.25) is 0 Å². The van der Waals surface area contributed by atoms with Gasteiger partial charge in [0.15, 0.2) is 11.6 Å². The second-order valence-corrected chi connectivity index (χ2v) is 8.31. The monoisotopic (exact) mass is 460 g/mol. The Hall–Kier alpha value is -2.29. The highest BCUT2D eigenvalue weighted by atomic mass is 32.2. The fraction of sp³-hybridized carbons (Fsp3) is 0.455. The Balaban J connectivity index is 1.79. The Kier molecular flexibility index (Phi) is 8.73. The van der Waals surface area contributed by atoms with Crippen LogP contribution in [0.25, 0.3) is 0 Å². The zero-order valence-electron chi connectivity index (χ0n) is 17.3. The molecule has 0 bridgehead atoms. The smallest absolute Gasteiger partial charge is 0.416 e. The number of ketones is 1. The van der Waals surface area contributed by atoms with Crippen molar-refractivity contribution in [3.8, 4) is 0 Å². The van der Waals surface area contributed by atoms with Gasteiger partial charge in [-0.1, -0.05) is 12.1 Å². The maximum Gasteiger partial charge on any atom is 0.416 e. The minimum atomic E-state index is -4.40. The molecule has 0 saturated carbocycles. The first kappa shape index (κ1) is 25.0. The van der Waals surface area contributed by atoms with Crippen LogP contribution in [0.1, 0.15) is 37.8 Å². The van der Waals surface area contributed by atoms with Crippen LogP contribution in [-0.4, -0.2) is 35.7 Å². The topological polar surface area (TPSA) is 52.6 Å². The van der Waals surface area contributed by atoms with E-state index in [2.05, 4.69) is 0 Å². The van der Waals surface area contributed by atoms with Gasteiger partial charge >= 0.3 is 12.1 Å². The number of aryl methyl sites for hydroxylation is 1. The van der Waals surface area contributed by atoms with E-state index >= 15 is 4.39 Å². The average molecular weight is 460 g/mol. The lowest BCUT2D eigenvalue weighted by atomic mass is 10.0. The summed E-state index contributed by atoms with van der Waals surface area (Å²) in [5.74, 6) is -0.369. The lowest BCUT2D eigenvalue weighted by Crippen LogP contribution is -2.22. The van der Waals surface area contributed by atoms with Crippen LogP contribution in [0, 0.1) is 0 Å². The number of allylic oxidation sites excluding steroid dienone is 2. The number of ether oxygens (including phenoxy) is 2. The van der Waals surface area contributed by atoms with Gasteiger partial charge < -0.3 is 9.47 Å². The van der Waals surface area contributed by atoms with Gasteiger partial charge in [-0.25, -0.2) is 9.18 Å². The van der Waals surface area contributed by atoms with E-state index in [9.17, 15) is 22.8 Å². The van der Waals surface area contributed by atoms with Crippen molar-refractivity contribution in [2.24, 2.45) is 0 Å². The highest BCUT2D eigenvalue weighted by Gasteiger charge is 2.32. The molecule has 0 aliphatic heterocycles. The molecule has 9 heteroatoms. The molecule has 1 atom stereocenters. The molecule has 1 aromatic rings. The molecule has 0 spiro atoms. The molecule has 1 aliphatic carbocycles. The number of halogens is 4. The number of Topliss-reactive ketones (excluding diaryl/α,β-unsaturated/α-hetero) is 1. The lowest BCUT2D eigenvalue weighted by molar-refractivity contribution is -0.147. The van der Waals surface area contributed by atoms with Crippen molar-refractivity contribution in [1.29, 1.82) is 0 Å². The lowest BCUT2D eigenvalue weighted by Gasteiger charge is -2.26. The van der Waals surface area contributed by atoms with Gasteiger partial charge in [-0.2, -0.15) is 13.2 Å². The number of thioether (sulfide) groups is 1. The third kappa shape index (κ3) is 8.05. The summed E-state index contributed by atoms with van der Waals surface area (Å²) in [4.78, 5) is 23.5. The highest BCUT2D eigenvalue weighted by Crippen LogP contribution is 2.39. The highest BCUT2D eigenvalue weighted by molar-refractivity contribution is 8.01. The van der Waals surface area contributed by atoms with E-state index in [-0.39, 0.29) is 44.0 Å². The van der Waals surface area contributed by atoms with Crippen molar-refractivity contribution in [3.63, 3.8) is 0 Å². The first-order valence-corrected chi connectivity index (χ1v) is 10.7. The van der Waals surface area contributed by atoms with Crippen molar-refractivity contribution >= 4 is 23.5 Å². The maximum absolute atomic E-state index is 15.0. The number of esters is 1. The van der Waals surface area contributed by atoms with Crippen LogP contribution in [0.15, 0.2) is 47.7 Å². The van der Waals surface area contributed by atoms with Gasteiger partial charge in [0.2, 0.25) is 0 Å². The number of alkyl halides is 4. The summed E-state index contributed by atoms with van der Waals surface area (Å²) in [6.07, 6.45) is -1.24. The Bertz CT molecular complexity index is 846. The second-order valence-electron chi connectivity index (χ2n) is 7.06. The van der Waals surface area contributed by atoms with E-state index in [1.807, 2.05) is 0 Å². The summed E-state index contributed by atoms with van der Waals surface area (Å²) in [5.41, 5.74) is 0.482. The van der Waals surface area contributed by atoms with Gasteiger partial charge in [-0.3, -0.25) is 4.79 Å². The molecular weight excluding hydrogens is 436 g/mol. The second kappa shape index (κ2) is 10.8. The molecule has 31 heavy (non-hydrogen) atoms. The molecule has 0 saturated heterocycles. The van der Waals surface area contributed by atoms with Crippen molar-refractivity contribution < 1.29 is 36.6 Å². The largest absolute Gasteiger partial charge is 0.482 e. The van der Waals surface area contributed by atoms with Gasteiger partial charge in [-0.15, -0.1) is 11.8 Å². The molecule has 0 amide bonds. The number of hydrogen-bond donors (Lipinski definition) is 0. The van der Waals surface area contributed by atoms with Crippen molar-refractivity contribution in [3.05, 3.63) is 58.9 Å². The van der Waals surface area contributed by atoms with E-state index in [0.717, 1.165) is 23.9 Å². The van der Waals surface area contributed by atoms with Gasteiger partial charge in [-0.05, 0) is 55.7 Å². The summed E-state index contributed by atoms with van der Waals surface area (Å²) >= 11 is 0.854. The normalized spacial score (nSPS) is 18.8. The summed E-state index contributed by atoms with van der Waals surface area (Å²) in [6.45, 7) is 3.35. The number of benzene rings is 1. The van der Waals surface area contributed by atoms with Crippen molar-refractivity contribution in [2.75, 3.05) is 19.0 Å². The minimum absolute atomic E-state index is 0.0124. The predicted molar refractivity (Wildman–Crippen MR) is 110 cm³/mol. The van der Waals surface area contributed by atoms with Crippen LogP contribution in [-0.2, 0) is 31.7 Å². The predicted octanol–water partition coefficient (Wildman–Crippen LogP) is 5.42. The molecule has 1 aromatic carbocycles. The van der Waals surface area contributed by atoms with Gasteiger partial charge in [0, 0.05) is 12.8 Å². The van der Waals surface area contributed by atoms with E-state index in [0.29, 0.717) is 16.9 Å². The van der Waals surface area contributed by atoms with Gasteiger partial charge in [0.05, 0.1) is 17.9 Å². The zero-order valence-corrected chi connectivity index (χ0v) is 18.1. The van der Waals surface area contributed by atoms with Crippen LogP contribution >= 0.6 is 11.8 Å². The molecule has 0 N–H and O–H groups in total. The Morgan fingerprint density at radius 1 is 1.19 bits per heavy atom. The van der Waals surface area contributed by atoms with Crippen molar-refractivity contribution in [1.82, 2.24) is 0 Å². The Morgan fingerprint density at radius 3 is 2.45 bits per heavy atom. The van der Waals surface area contributed by atoms with E-state index in [1.165, 1.54) is 24.3 Å². The summed E-state index contributed by atoms with van der Waals surface area (Å²) in [6, 6.07) is 4.65. The molecule has 170 valence electrons. The zero-order chi connectivity index (χ0) is 23.1. The summed E-state index contributed by atoms with van der Waals surface area (Å²) < 4.78 is 62.9. The molecule has 1 unspecified atom stereocenters. The van der Waals surface area contributed by atoms with Crippen LogP contribution in [0.5, 0.6) is 0 Å². The third-order valence-electron chi connectivity index (χ3n) is 4.51. The number of rotatable bonds is 10. The summed E-state index contributed by atoms with van der Waals surface area (Å²) in [5, 5.41) is -1.77. The van der Waals surface area contributed by atoms with Gasteiger partial charge in [0.1, 0.15) is 11.5 Å².